The minimum absolute atomic E-state index is 0.0429. The number of halogens is 1. The summed E-state index contributed by atoms with van der Waals surface area (Å²) >= 11 is 0. The van der Waals surface area contributed by atoms with Crippen molar-refractivity contribution in [3.8, 4) is 5.75 Å². The zero-order chi connectivity index (χ0) is 25.2. The van der Waals surface area contributed by atoms with Crippen LogP contribution in [0.2, 0.25) is 0 Å². The molecule has 5 nitrogen and oxygen atoms in total. The lowest BCUT2D eigenvalue weighted by Gasteiger charge is -2.31. The van der Waals surface area contributed by atoms with Crippen LogP contribution in [0.15, 0.2) is 72.8 Å². The number of aryl methyl sites for hydroxylation is 2. The smallest absolute Gasteiger partial charge is 0.261 e. The largest absolute Gasteiger partial charge is 0.483 e. The van der Waals surface area contributed by atoms with E-state index in [0.29, 0.717) is 24.3 Å². The van der Waals surface area contributed by atoms with Gasteiger partial charge in [0.15, 0.2) is 6.61 Å². The second-order valence-electron chi connectivity index (χ2n) is 8.67. The van der Waals surface area contributed by atoms with Gasteiger partial charge in [-0.15, -0.1) is 0 Å². The van der Waals surface area contributed by atoms with Gasteiger partial charge in [-0.3, -0.25) is 9.59 Å². The molecule has 1 N–H and O–H groups in total. The van der Waals surface area contributed by atoms with Crippen molar-refractivity contribution in [3.05, 3.63) is 101 Å². The van der Waals surface area contributed by atoms with Crippen molar-refractivity contribution in [2.45, 2.75) is 46.2 Å². The molecule has 1 atom stereocenters. The second-order valence-corrected chi connectivity index (χ2v) is 8.67. The van der Waals surface area contributed by atoms with E-state index in [-0.39, 0.29) is 25.0 Å². The number of benzene rings is 3. The molecule has 0 unspecified atom stereocenters. The number of hydrogen-bond acceptors (Lipinski definition) is 3. The molecule has 0 spiro atoms. The number of nitrogens with one attached hydrogen (secondary N) is 1. The molecule has 6 heteroatoms. The third kappa shape index (κ3) is 7.41. The molecule has 0 radical (unpaired) electrons. The monoisotopic (exact) mass is 476 g/mol. The third-order valence-corrected chi connectivity index (χ3v) is 5.80. The molecule has 0 saturated heterocycles. The molecule has 0 saturated carbocycles. The second kappa shape index (κ2) is 12.7. The van der Waals surface area contributed by atoms with E-state index in [1.807, 2.05) is 69.3 Å². The van der Waals surface area contributed by atoms with E-state index in [1.165, 1.54) is 11.0 Å². The summed E-state index contributed by atoms with van der Waals surface area (Å²) in [5, 5.41) is 2.91. The first-order valence-electron chi connectivity index (χ1n) is 11.9. The molecule has 0 fully saturated rings. The number of hydrogen-bond donors (Lipinski definition) is 1. The van der Waals surface area contributed by atoms with Gasteiger partial charge in [-0.25, -0.2) is 4.39 Å². The number of ether oxygens (including phenoxy) is 1. The number of amides is 2. The van der Waals surface area contributed by atoms with Crippen LogP contribution in [0, 0.1) is 19.7 Å². The highest BCUT2D eigenvalue weighted by atomic mass is 19.1. The van der Waals surface area contributed by atoms with Crippen LogP contribution in [0.4, 0.5) is 4.39 Å². The molecule has 3 aromatic rings. The van der Waals surface area contributed by atoms with Gasteiger partial charge in [0.25, 0.3) is 5.91 Å². The zero-order valence-corrected chi connectivity index (χ0v) is 20.6. The molecule has 0 aliphatic carbocycles. The summed E-state index contributed by atoms with van der Waals surface area (Å²) in [5.41, 5.74) is 3.26. The van der Waals surface area contributed by atoms with E-state index in [2.05, 4.69) is 5.32 Å². The molecule has 35 heavy (non-hydrogen) atoms. The van der Waals surface area contributed by atoms with E-state index in [9.17, 15) is 14.0 Å². The van der Waals surface area contributed by atoms with Gasteiger partial charge in [0.05, 0.1) is 0 Å². The SMILES string of the molecule is CCCNC(=O)[C@H](Cc1ccccc1)N(Cc1ccccc1F)C(=O)COc1ccc(C)cc1C. The molecule has 0 aromatic heterocycles. The quantitative estimate of drug-likeness (QED) is 0.424. The Morgan fingerprint density at radius 1 is 1.00 bits per heavy atom. The van der Waals surface area contributed by atoms with Crippen LogP contribution in [0.1, 0.15) is 35.6 Å². The Hall–Kier alpha value is -3.67. The minimum Gasteiger partial charge on any atom is -0.483 e. The molecular weight excluding hydrogens is 443 g/mol. The van der Waals surface area contributed by atoms with Crippen LogP contribution in [0.5, 0.6) is 5.75 Å². The molecule has 3 rings (SSSR count). The summed E-state index contributed by atoms with van der Waals surface area (Å²) in [6.45, 7) is 6.06. The van der Waals surface area contributed by atoms with Gasteiger partial charge in [0.1, 0.15) is 17.6 Å². The van der Waals surface area contributed by atoms with Gasteiger partial charge >= 0.3 is 0 Å². The minimum atomic E-state index is -0.821. The van der Waals surface area contributed by atoms with Crippen molar-refractivity contribution in [2.75, 3.05) is 13.2 Å². The Morgan fingerprint density at radius 2 is 1.71 bits per heavy atom. The van der Waals surface area contributed by atoms with Crippen molar-refractivity contribution in [1.82, 2.24) is 10.2 Å². The van der Waals surface area contributed by atoms with E-state index in [4.69, 9.17) is 4.74 Å². The van der Waals surface area contributed by atoms with Crippen molar-refractivity contribution in [2.24, 2.45) is 0 Å². The Bertz CT molecular complexity index is 1130. The van der Waals surface area contributed by atoms with Gasteiger partial charge in [-0.2, -0.15) is 0 Å². The lowest BCUT2D eigenvalue weighted by atomic mass is 10.0. The molecule has 0 aliphatic heterocycles. The van der Waals surface area contributed by atoms with E-state index < -0.39 is 11.9 Å². The highest BCUT2D eigenvalue weighted by molar-refractivity contribution is 5.88. The maximum absolute atomic E-state index is 14.6. The normalized spacial score (nSPS) is 11.5. The van der Waals surface area contributed by atoms with Gasteiger partial charge in [0.2, 0.25) is 5.91 Å². The first-order valence-corrected chi connectivity index (χ1v) is 11.9. The third-order valence-electron chi connectivity index (χ3n) is 5.80. The average Bonchev–Trinajstić information content (AvgIpc) is 2.85. The topological polar surface area (TPSA) is 58.6 Å². The molecule has 0 bridgehead atoms. The summed E-state index contributed by atoms with van der Waals surface area (Å²) < 4.78 is 20.4. The van der Waals surface area contributed by atoms with E-state index >= 15 is 0 Å². The Morgan fingerprint density at radius 3 is 2.40 bits per heavy atom. The maximum atomic E-state index is 14.6. The van der Waals surface area contributed by atoms with Crippen LogP contribution in [-0.4, -0.2) is 35.9 Å². The molecular formula is C29H33FN2O3. The molecule has 0 heterocycles. The maximum Gasteiger partial charge on any atom is 0.261 e. The number of carbonyl (C=O) groups is 2. The van der Waals surface area contributed by atoms with Crippen molar-refractivity contribution in [1.29, 1.82) is 0 Å². The molecule has 184 valence electrons. The van der Waals surface area contributed by atoms with Crippen LogP contribution < -0.4 is 10.1 Å². The fraction of sp³-hybridized carbons (Fsp3) is 0.310. The molecule has 2 amide bonds. The summed E-state index contributed by atoms with van der Waals surface area (Å²) in [4.78, 5) is 28.2. The van der Waals surface area contributed by atoms with Gasteiger partial charge in [-0.05, 0) is 43.5 Å². The highest BCUT2D eigenvalue weighted by Crippen LogP contribution is 2.20. The number of nitrogens with zero attached hydrogens (tertiary/aromatic N) is 1. The fourth-order valence-electron chi connectivity index (χ4n) is 3.91. The Labute approximate surface area is 206 Å². The van der Waals surface area contributed by atoms with Gasteiger partial charge in [-0.1, -0.05) is 73.2 Å². The van der Waals surface area contributed by atoms with Crippen LogP contribution in [-0.2, 0) is 22.6 Å². The predicted molar refractivity (Wildman–Crippen MR) is 136 cm³/mol. The molecule has 0 aliphatic rings. The van der Waals surface area contributed by atoms with Gasteiger partial charge in [0, 0.05) is 25.1 Å². The Kier molecular flexibility index (Phi) is 9.41. The lowest BCUT2D eigenvalue weighted by Crippen LogP contribution is -2.52. The van der Waals surface area contributed by atoms with E-state index in [0.717, 1.165) is 23.1 Å². The summed E-state index contributed by atoms with van der Waals surface area (Å²) in [5.74, 6) is -0.481. The van der Waals surface area contributed by atoms with Crippen LogP contribution in [0.25, 0.3) is 0 Å². The summed E-state index contributed by atoms with van der Waals surface area (Å²) in [7, 11) is 0. The number of rotatable bonds is 11. The lowest BCUT2D eigenvalue weighted by molar-refractivity contribution is -0.142. The van der Waals surface area contributed by atoms with Gasteiger partial charge < -0.3 is 15.0 Å². The fourth-order valence-corrected chi connectivity index (χ4v) is 3.91. The summed E-state index contributed by atoms with van der Waals surface area (Å²) in [6, 6.07) is 20.7. The Balaban J connectivity index is 1.91. The van der Waals surface area contributed by atoms with Crippen molar-refractivity contribution >= 4 is 11.8 Å². The number of carbonyl (C=O) groups excluding carboxylic acids is 2. The van der Waals surface area contributed by atoms with Crippen LogP contribution in [0.3, 0.4) is 0 Å². The summed E-state index contributed by atoms with van der Waals surface area (Å²) in [6.07, 6.45) is 1.07. The first-order chi connectivity index (χ1) is 16.9. The zero-order valence-electron chi connectivity index (χ0n) is 20.6. The van der Waals surface area contributed by atoms with Crippen molar-refractivity contribution < 1.29 is 18.7 Å². The standard InChI is InChI=1S/C29H33FN2O3/c1-4-16-31-29(34)26(18-23-10-6-5-7-11-23)32(19-24-12-8-9-13-25(24)30)28(33)20-35-27-15-14-21(2)17-22(27)3/h5-15,17,26H,4,16,18-20H2,1-3H3,(H,31,34)/t26-/m0/s1. The molecule has 3 aromatic carbocycles. The first kappa shape index (κ1) is 25.9. The van der Waals surface area contributed by atoms with Crippen LogP contribution >= 0.6 is 0 Å². The average molecular weight is 477 g/mol. The van der Waals surface area contributed by atoms with Crippen molar-refractivity contribution in [3.63, 3.8) is 0 Å². The predicted octanol–water partition coefficient (Wildman–Crippen LogP) is 4.99. The highest BCUT2D eigenvalue weighted by Gasteiger charge is 2.31. The van der Waals surface area contributed by atoms with E-state index in [1.54, 1.807) is 18.2 Å².